The fourth-order valence-corrected chi connectivity index (χ4v) is 2.85. The van der Waals surface area contributed by atoms with Crippen LogP contribution in [0, 0.1) is 17.8 Å². The van der Waals surface area contributed by atoms with E-state index in [1.165, 1.54) is 25.7 Å². The zero-order chi connectivity index (χ0) is 8.27. The van der Waals surface area contributed by atoms with E-state index in [4.69, 9.17) is 0 Å². The van der Waals surface area contributed by atoms with E-state index in [0.29, 0.717) is 0 Å². The van der Waals surface area contributed by atoms with Gasteiger partial charge in [0.2, 0.25) is 0 Å². The predicted octanol–water partition coefficient (Wildman–Crippen LogP) is 3.38. The molecule has 0 spiro atoms. The van der Waals surface area contributed by atoms with Crippen LogP contribution in [0.1, 0.15) is 39.5 Å². The standard InChI is InChI=1S/C10H20S/c1-3-9(7-11)10-5-4-8(2)6-10/h8-11H,3-7H2,1-2H3. The average molecular weight is 172 g/mol. The van der Waals surface area contributed by atoms with Gasteiger partial charge >= 0.3 is 0 Å². The molecule has 0 heterocycles. The van der Waals surface area contributed by atoms with E-state index < -0.39 is 0 Å². The molecule has 0 aromatic rings. The normalized spacial score (nSPS) is 34.1. The Balaban J connectivity index is 2.34. The van der Waals surface area contributed by atoms with Crippen LogP contribution in [-0.4, -0.2) is 5.75 Å². The minimum absolute atomic E-state index is 0.892. The molecular weight excluding hydrogens is 152 g/mol. The van der Waals surface area contributed by atoms with Crippen molar-refractivity contribution in [2.45, 2.75) is 39.5 Å². The Hall–Kier alpha value is 0.350. The maximum absolute atomic E-state index is 4.40. The second kappa shape index (κ2) is 4.39. The molecule has 3 unspecified atom stereocenters. The molecule has 66 valence electrons. The molecule has 1 aliphatic carbocycles. The van der Waals surface area contributed by atoms with Crippen LogP contribution in [0.15, 0.2) is 0 Å². The van der Waals surface area contributed by atoms with Crippen LogP contribution in [0.2, 0.25) is 0 Å². The van der Waals surface area contributed by atoms with E-state index in [9.17, 15) is 0 Å². The summed E-state index contributed by atoms with van der Waals surface area (Å²) < 4.78 is 0. The zero-order valence-corrected chi connectivity index (χ0v) is 8.61. The van der Waals surface area contributed by atoms with Crippen LogP contribution >= 0.6 is 12.6 Å². The van der Waals surface area contributed by atoms with Gasteiger partial charge in [0.1, 0.15) is 0 Å². The molecule has 11 heavy (non-hydrogen) atoms. The van der Waals surface area contributed by atoms with E-state index in [2.05, 4.69) is 26.5 Å². The fraction of sp³-hybridized carbons (Fsp3) is 1.00. The van der Waals surface area contributed by atoms with Crippen LogP contribution in [0.3, 0.4) is 0 Å². The Morgan fingerprint density at radius 2 is 2.18 bits per heavy atom. The van der Waals surface area contributed by atoms with Crippen LogP contribution < -0.4 is 0 Å². The summed E-state index contributed by atoms with van der Waals surface area (Å²) in [6, 6.07) is 0. The Bertz CT molecular complexity index is 107. The SMILES string of the molecule is CCC(CS)C1CCC(C)C1. The summed E-state index contributed by atoms with van der Waals surface area (Å²) in [5.74, 6) is 3.96. The van der Waals surface area contributed by atoms with Crippen molar-refractivity contribution < 1.29 is 0 Å². The third-order valence-corrected chi connectivity index (χ3v) is 3.63. The van der Waals surface area contributed by atoms with E-state index in [1.807, 2.05) is 0 Å². The van der Waals surface area contributed by atoms with Crippen molar-refractivity contribution in [3.63, 3.8) is 0 Å². The highest BCUT2D eigenvalue weighted by Crippen LogP contribution is 2.36. The Kier molecular flexibility index (Phi) is 3.77. The molecule has 1 fully saturated rings. The lowest BCUT2D eigenvalue weighted by Crippen LogP contribution is -2.12. The third-order valence-electron chi connectivity index (χ3n) is 3.16. The molecule has 0 amide bonds. The molecule has 1 rings (SSSR count). The van der Waals surface area contributed by atoms with Crippen LogP contribution in [0.4, 0.5) is 0 Å². The lowest BCUT2D eigenvalue weighted by molar-refractivity contribution is 0.354. The van der Waals surface area contributed by atoms with Gasteiger partial charge in [-0.05, 0) is 36.3 Å². The molecule has 1 aliphatic rings. The molecule has 0 aromatic heterocycles. The minimum atomic E-state index is 0.892. The van der Waals surface area contributed by atoms with Gasteiger partial charge in [-0.3, -0.25) is 0 Å². The first kappa shape index (κ1) is 9.44. The average Bonchev–Trinajstić information content (AvgIpc) is 2.39. The van der Waals surface area contributed by atoms with Gasteiger partial charge in [0.15, 0.2) is 0 Å². The highest BCUT2D eigenvalue weighted by Gasteiger charge is 2.26. The Labute approximate surface area is 76.2 Å². The van der Waals surface area contributed by atoms with E-state index in [1.54, 1.807) is 0 Å². The molecule has 1 saturated carbocycles. The molecule has 0 N–H and O–H groups in total. The fourth-order valence-electron chi connectivity index (χ4n) is 2.29. The molecule has 0 bridgehead atoms. The first-order valence-corrected chi connectivity index (χ1v) is 5.52. The second-order valence-corrected chi connectivity index (χ2v) is 4.39. The van der Waals surface area contributed by atoms with Gasteiger partial charge in [-0.15, -0.1) is 0 Å². The monoisotopic (exact) mass is 172 g/mol. The van der Waals surface area contributed by atoms with Crippen molar-refractivity contribution in [1.29, 1.82) is 0 Å². The smallest absolute Gasteiger partial charge is 0.00670 e. The summed E-state index contributed by atoms with van der Waals surface area (Å²) in [5, 5.41) is 0. The topological polar surface area (TPSA) is 0 Å². The van der Waals surface area contributed by atoms with Gasteiger partial charge in [-0.1, -0.05) is 26.7 Å². The van der Waals surface area contributed by atoms with Crippen molar-refractivity contribution in [2.24, 2.45) is 17.8 Å². The lowest BCUT2D eigenvalue weighted by Gasteiger charge is -2.19. The van der Waals surface area contributed by atoms with Crippen molar-refractivity contribution in [1.82, 2.24) is 0 Å². The summed E-state index contributed by atoms with van der Waals surface area (Å²) in [6.07, 6.45) is 5.69. The zero-order valence-electron chi connectivity index (χ0n) is 7.71. The van der Waals surface area contributed by atoms with E-state index in [-0.39, 0.29) is 0 Å². The van der Waals surface area contributed by atoms with Crippen molar-refractivity contribution >= 4 is 12.6 Å². The summed E-state index contributed by atoms with van der Waals surface area (Å²) in [5.41, 5.74) is 0. The van der Waals surface area contributed by atoms with Gasteiger partial charge in [0.25, 0.3) is 0 Å². The predicted molar refractivity (Wildman–Crippen MR) is 54.1 cm³/mol. The second-order valence-electron chi connectivity index (χ2n) is 4.03. The summed E-state index contributed by atoms with van der Waals surface area (Å²) in [4.78, 5) is 0. The molecule has 0 aromatic carbocycles. The largest absolute Gasteiger partial charge is 0.179 e. The van der Waals surface area contributed by atoms with Crippen molar-refractivity contribution in [2.75, 3.05) is 5.75 Å². The molecule has 3 atom stereocenters. The lowest BCUT2D eigenvalue weighted by atomic mass is 9.90. The molecular formula is C10H20S. The van der Waals surface area contributed by atoms with E-state index >= 15 is 0 Å². The van der Waals surface area contributed by atoms with Gasteiger partial charge < -0.3 is 0 Å². The Morgan fingerprint density at radius 1 is 1.45 bits per heavy atom. The molecule has 0 saturated heterocycles. The molecule has 0 aliphatic heterocycles. The summed E-state index contributed by atoms with van der Waals surface area (Å²) in [7, 11) is 0. The number of rotatable bonds is 3. The van der Waals surface area contributed by atoms with Gasteiger partial charge in [-0.25, -0.2) is 0 Å². The van der Waals surface area contributed by atoms with Crippen LogP contribution in [-0.2, 0) is 0 Å². The first-order valence-electron chi connectivity index (χ1n) is 4.88. The third kappa shape index (κ3) is 2.40. The molecule has 1 heteroatoms. The van der Waals surface area contributed by atoms with Crippen LogP contribution in [0.25, 0.3) is 0 Å². The highest BCUT2D eigenvalue weighted by molar-refractivity contribution is 7.80. The summed E-state index contributed by atoms with van der Waals surface area (Å²) in [6.45, 7) is 4.68. The van der Waals surface area contributed by atoms with Gasteiger partial charge in [0, 0.05) is 0 Å². The highest BCUT2D eigenvalue weighted by atomic mass is 32.1. The number of hydrogen-bond acceptors (Lipinski definition) is 1. The maximum Gasteiger partial charge on any atom is -0.00670 e. The molecule has 0 nitrogen and oxygen atoms in total. The quantitative estimate of drug-likeness (QED) is 0.620. The van der Waals surface area contributed by atoms with Gasteiger partial charge in [-0.2, -0.15) is 12.6 Å². The molecule has 0 radical (unpaired) electrons. The number of thiol groups is 1. The van der Waals surface area contributed by atoms with Crippen LogP contribution in [0.5, 0.6) is 0 Å². The van der Waals surface area contributed by atoms with E-state index in [0.717, 1.165) is 23.5 Å². The Morgan fingerprint density at radius 3 is 2.55 bits per heavy atom. The first-order chi connectivity index (χ1) is 5.27. The number of hydrogen-bond donors (Lipinski definition) is 1. The van der Waals surface area contributed by atoms with Crippen molar-refractivity contribution in [3.05, 3.63) is 0 Å². The minimum Gasteiger partial charge on any atom is -0.179 e. The maximum atomic E-state index is 4.40. The van der Waals surface area contributed by atoms with Crippen molar-refractivity contribution in [3.8, 4) is 0 Å². The van der Waals surface area contributed by atoms with Gasteiger partial charge in [0.05, 0.1) is 0 Å². The summed E-state index contributed by atoms with van der Waals surface area (Å²) >= 11 is 4.40.